The van der Waals surface area contributed by atoms with Gasteiger partial charge in [0, 0.05) is 11.4 Å². The van der Waals surface area contributed by atoms with Crippen LogP contribution in [-0.4, -0.2) is 30.2 Å². The predicted octanol–water partition coefficient (Wildman–Crippen LogP) is 4.49. The summed E-state index contributed by atoms with van der Waals surface area (Å²) < 4.78 is 0. The smallest absolute Gasteiger partial charge is 0.323 e. The molecule has 3 rings (SSSR count). The zero-order valence-corrected chi connectivity index (χ0v) is 16.6. The molecule has 2 amide bonds. The standard InChI is InChI=1S/C20H21Cl2N3O3/c21-17-5-4-15(10-18(17)22)25-20(28)24-14-3-1-2-12(8-14)9-16(19(26)27)13-6-7-23-11-13/h1-5,8,10,13,16,23H,6-7,9,11H2,(H,26,27)(H2,24,25,28)/t13-,16-/m0/s1. The van der Waals surface area contributed by atoms with Gasteiger partial charge in [-0.2, -0.15) is 0 Å². The highest BCUT2D eigenvalue weighted by atomic mass is 35.5. The number of carbonyl (C=O) groups is 2. The van der Waals surface area contributed by atoms with Gasteiger partial charge in [0.25, 0.3) is 0 Å². The van der Waals surface area contributed by atoms with Crippen molar-refractivity contribution in [1.29, 1.82) is 0 Å². The van der Waals surface area contributed by atoms with Crippen LogP contribution in [0.25, 0.3) is 0 Å². The molecule has 148 valence electrons. The number of carbonyl (C=O) groups excluding carboxylic acids is 1. The van der Waals surface area contributed by atoms with Gasteiger partial charge in [-0.1, -0.05) is 35.3 Å². The Hall–Kier alpha value is -2.28. The molecule has 2 aromatic carbocycles. The van der Waals surface area contributed by atoms with Gasteiger partial charge in [0.05, 0.1) is 16.0 Å². The van der Waals surface area contributed by atoms with Crippen molar-refractivity contribution in [2.75, 3.05) is 23.7 Å². The second-order valence-corrected chi connectivity index (χ2v) is 7.62. The number of aliphatic carboxylic acids is 1. The fourth-order valence-corrected chi connectivity index (χ4v) is 3.67. The average molecular weight is 422 g/mol. The first-order chi connectivity index (χ1) is 13.4. The lowest BCUT2D eigenvalue weighted by Gasteiger charge is -2.19. The van der Waals surface area contributed by atoms with E-state index in [0.717, 1.165) is 25.1 Å². The summed E-state index contributed by atoms with van der Waals surface area (Å²) in [6.45, 7) is 1.58. The van der Waals surface area contributed by atoms with E-state index in [9.17, 15) is 14.7 Å². The van der Waals surface area contributed by atoms with E-state index in [4.69, 9.17) is 23.2 Å². The van der Waals surface area contributed by atoms with Crippen molar-refractivity contribution in [2.45, 2.75) is 12.8 Å². The highest BCUT2D eigenvalue weighted by Crippen LogP contribution is 2.26. The van der Waals surface area contributed by atoms with Gasteiger partial charge in [0.15, 0.2) is 0 Å². The van der Waals surface area contributed by atoms with Gasteiger partial charge in [-0.15, -0.1) is 0 Å². The molecular formula is C20H21Cl2N3O3. The molecular weight excluding hydrogens is 401 g/mol. The lowest BCUT2D eigenvalue weighted by atomic mass is 9.86. The first kappa shape index (κ1) is 20.5. The second-order valence-electron chi connectivity index (χ2n) is 6.81. The summed E-state index contributed by atoms with van der Waals surface area (Å²) in [5, 5.41) is 19.0. The van der Waals surface area contributed by atoms with Crippen LogP contribution in [0.1, 0.15) is 12.0 Å². The van der Waals surface area contributed by atoms with Crippen molar-refractivity contribution in [1.82, 2.24) is 5.32 Å². The SMILES string of the molecule is O=C(Nc1cccc(C[C@H](C(=O)O)[C@H]2CCNC2)c1)Nc1ccc(Cl)c(Cl)c1. The van der Waals surface area contributed by atoms with E-state index in [0.29, 0.717) is 27.8 Å². The van der Waals surface area contributed by atoms with Crippen molar-refractivity contribution in [3.8, 4) is 0 Å². The van der Waals surface area contributed by atoms with E-state index in [1.807, 2.05) is 6.07 Å². The number of nitrogens with one attached hydrogen (secondary N) is 3. The van der Waals surface area contributed by atoms with E-state index in [1.54, 1.807) is 36.4 Å². The second kappa shape index (κ2) is 9.28. The highest BCUT2D eigenvalue weighted by molar-refractivity contribution is 6.42. The quantitative estimate of drug-likeness (QED) is 0.552. The van der Waals surface area contributed by atoms with E-state index < -0.39 is 17.9 Å². The van der Waals surface area contributed by atoms with E-state index in [1.165, 1.54) is 0 Å². The minimum atomic E-state index is -0.788. The number of benzene rings is 2. The molecule has 28 heavy (non-hydrogen) atoms. The van der Waals surface area contributed by atoms with Crippen molar-refractivity contribution in [3.05, 3.63) is 58.1 Å². The summed E-state index contributed by atoms with van der Waals surface area (Å²) >= 11 is 11.8. The summed E-state index contributed by atoms with van der Waals surface area (Å²) in [4.78, 5) is 23.9. The fraction of sp³-hybridized carbons (Fsp3) is 0.300. The number of rotatable bonds is 6. The van der Waals surface area contributed by atoms with Crippen LogP contribution in [0.3, 0.4) is 0 Å². The van der Waals surface area contributed by atoms with Crippen molar-refractivity contribution < 1.29 is 14.7 Å². The van der Waals surface area contributed by atoms with Crippen LogP contribution < -0.4 is 16.0 Å². The van der Waals surface area contributed by atoms with Crippen molar-refractivity contribution >= 4 is 46.6 Å². The number of carboxylic acids is 1. The van der Waals surface area contributed by atoms with Crippen LogP contribution in [0, 0.1) is 11.8 Å². The molecule has 8 heteroatoms. The zero-order valence-electron chi connectivity index (χ0n) is 15.0. The topological polar surface area (TPSA) is 90.5 Å². The summed E-state index contributed by atoms with van der Waals surface area (Å²) in [5.41, 5.74) is 1.97. The first-order valence-electron chi connectivity index (χ1n) is 8.98. The van der Waals surface area contributed by atoms with Crippen LogP contribution in [0.15, 0.2) is 42.5 Å². The maximum absolute atomic E-state index is 12.2. The van der Waals surface area contributed by atoms with Crippen LogP contribution >= 0.6 is 23.2 Å². The van der Waals surface area contributed by atoms with Gasteiger partial charge in [-0.3, -0.25) is 4.79 Å². The summed E-state index contributed by atoms with van der Waals surface area (Å²) in [6, 6.07) is 11.6. The van der Waals surface area contributed by atoms with Crippen LogP contribution in [0.5, 0.6) is 0 Å². The molecule has 2 atom stereocenters. The Balaban J connectivity index is 1.64. The van der Waals surface area contributed by atoms with E-state index >= 15 is 0 Å². The Morgan fingerprint density at radius 1 is 1.11 bits per heavy atom. The summed E-state index contributed by atoms with van der Waals surface area (Å²) in [7, 11) is 0. The number of carboxylic acid groups (broad SMARTS) is 1. The van der Waals surface area contributed by atoms with Crippen LogP contribution in [0.4, 0.5) is 16.2 Å². The van der Waals surface area contributed by atoms with Crippen LogP contribution in [-0.2, 0) is 11.2 Å². The predicted molar refractivity (Wildman–Crippen MR) is 111 cm³/mol. The Labute approximate surface area is 173 Å². The molecule has 0 spiro atoms. The molecule has 0 radical (unpaired) electrons. The molecule has 6 nitrogen and oxygen atoms in total. The molecule has 1 fully saturated rings. The summed E-state index contributed by atoms with van der Waals surface area (Å²) in [6.07, 6.45) is 1.28. The average Bonchev–Trinajstić information content (AvgIpc) is 3.17. The lowest BCUT2D eigenvalue weighted by molar-refractivity contribution is -0.143. The lowest BCUT2D eigenvalue weighted by Crippen LogP contribution is -2.27. The molecule has 0 bridgehead atoms. The normalized spacial score (nSPS) is 17.1. The van der Waals surface area contributed by atoms with Gasteiger partial charge in [0.2, 0.25) is 0 Å². The fourth-order valence-electron chi connectivity index (χ4n) is 3.37. The maximum atomic E-state index is 12.2. The van der Waals surface area contributed by atoms with E-state index in [2.05, 4.69) is 16.0 Å². The molecule has 1 aliphatic rings. The number of hydrogen-bond acceptors (Lipinski definition) is 3. The Kier molecular flexibility index (Phi) is 6.78. The monoisotopic (exact) mass is 421 g/mol. The molecule has 0 aromatic heterocycles. The molecule has 1 saturated heterocycles. The van der Waals surface area contributed by atoms with Gasteiger partial charge in [0.1, 0.15) is 0 Å². The molecule has 2 aromatic rings. The Bertz CT molecular complexity index is 870. The third-order valence-electron chi connectivity index (χ3n) is 4.80. The third-order valence-corrected chi connectivity index (χ3v) is 5.54. The van der Waals surface area contributed by atoms with Gasteiger partial charge >= 0.3 is 12.0 Å². The highest BCUT2D eigenvalue weighted by Gasteiger charge is 2.30. The zero-order chi connectivity index (χ0) is 20.1. The number of hydrogen-bond donors (Lipinski definition) is 4. The minimum Gasteiger partial charge on any atom is -0.481 e. The largest absolute Gasteiger partial charge is 0.481 e. The number of urea groups is 1. The molecule has 0 aliphatic carbocycles. The molecule has 4 N–H and O–H groups in total. The summed E-state index contributed by atoms with van der Waals surface area (Å²) in [5.74, 6) is -1.12. The number of amides is 2. The van der Waals surface area contributed by atoms with Crippen molar-refractivity contribution in [3.63, 3.8) is 0 Å². The third kappa shape index (κ3) is 5.38. The van der Waals surface area contributed by atoms with Gasteiger partial charge < -0.3 is 21.1 Å². The molecule has 1 aliphatic heterocycles. The van der Waals surface area contributed by atoms with Gasteiger partial charge in [-0.05, 0) is 67.7 Å². The molecule has 0 unspecified atom stereocenters. The maximum Gasteiger partial charge on any atom is 0.323 e. The number of halogens is 2. The van der Waals surface area contributed by atoms with E-state index in [-0.39, 0.29) is 5.92 Å². The Morgan fingerprint density at radius 2 is 1.86 bits per heavy atom. The molecule has 0 saturated carbocycles. The van der Waals surface area contributed by atoms with Crippen molar-refractivity contribution in [2.24, 2.45) is 11.8 Å². The van der Waals surface area contributed by atoms with Crippen LogP contribution in [0.2, 0.25) is 10.0 Å². The Morgan fingerprint density at radius 3 is 2.50 bits per heavy atom. The van der Waals surface area contributed by atoms with Gasteiger partial charge in [-0.25, -0.2) is 4.79 Å². The number of anilines is 2. The first-order valence-corrected chi connectivity index (χ1v) is 9.73. The minimum absolute atomic E-state index is 0.118. The molecule has 1 heterocycles.